The van der Waals surface area contributed by atoms with E-state index in [1.54, 1.807) is 12.4 Å². The van der Waals surface area contributed by atoms with Gasteiger partial charge in [-0.15, -0.1) is 0 Å². The summed E-state index contributed by atoms with van der Waals surface area (Å²) in [6, 6.07) is 5.96. The van der Waals surface area contributed by atoms with Crippen LogP contribution in [0, 0.1) is 0 Å². The van der Waals surface area contributed by atoms with E-state index in [-0.39, 0.29) is 5.69 Å². The van der Waals surface area contributed by atoms with Crippen molar-refractivity contribution in [1.82, 2.24) is 15.0 Å². The first-order chi connectivity index (χ1) is 8.29. The maximum absolute atomic E-state index is 11.5. The van der Waals surface area contributed by atoms with E-state index in [1.807, 2.05) is 25.1 Å². The summed E-state index contributed by atoms with van der Waals surface area (Å²) in [5.41, 5.74) is 1.35. The number of hydrogen-bond acceptors (Lipinski definition) is 3. The largest absolute Gasteiger partial charge is 0.345 e. The molecule has 2 heterocycles. The molecule has 1 N–H and O–H groups in total. The molecule has 3 rings (SSSR count). The Labute approximate surface area is 97.3 Å². The highest BCUT2D eigenvalue weighted by molar-refractivity contribution is 6.05. The number of fused-ring (bicyclic) bond motifs is 3. The zero-order valence-corrected chi connectivity index (χ0v) is 9.40. The topological polar surface area (TPSA) is 58.6 Å². The molecule has 0 radical (unpaired) electrons. The third-order valence-electron chi connectivity index (χ3n) is 2.94. The molecule has 0 fully saturated rings. The van der Waals surface area contributed by atoms with Gasteiger partial charge in [0.1, 0.15) is 0 Å². The summed E-state index contributed by atoms with van der Waals surface area (Å²) in [5, 5.41) is 3.02. The lowest BCUT2D eigenvalue weighted by molar-refractivity contribution is 0.991. The Balaban J connectivity index is 2.58. The highest BCUT2D eigenvalue weighted by Gasteiger charge is 2.06. The van der Waals surface area contributed by atoms with Crippen LogP contribution in [0.1, 0.15) is 12.6 Å². The van der Waals surface area contributed by atoms with E-state index in [0.717, 1.165) is 33.8 Å². The van der Waals surface area contributed by atoms with Gasteiger partial charge in [-0.3, -0.25) is 4.98 Å². The van der Waals surface area contributed by atoms with Gasteiger partial charge < -0.3 is 4.98 Å². The number of hydrogen-bond donors (Lipinski definition) is 1. The minimum absolute atomic E-state index is 0.300. The molecule has 0 saturated heterocycles. The fourth-order valence-electron chi connectivity index (χ4n) is 2.12. The summed E-state index contributed by atoms with van der Waals surface area (Å²) in [5.74, 6) is 0. The summed E-state index contributed by atoms with van der Waals surface area (Å²) >= 11 is 0. The number of aryl methyl sites for hydroxylation is 1. The normalized spacial score (nSPS) is 11.1. The summed E-state index contributed by atoms with van der Waals surface area (Å²) in [7, 11) is 0. The molecule has 3 aromatic rings. The molecule has 84 valence electrons. The van der Waals surface area contributed by atoms with Crippen LogP contribution in [0.25, 0.3) is 21.7 Å². The van der Waals surface area contributed by atoms with Gasteiger partial charge in [0.25, 0.3) is 0 Å². The number of H-pyrrole nitrogens is 1. The van der Waals surface area contributed by atoms with Crippen LogP contribution < -0.4 is 5.69 Å². The van der Waals surface area contributed by atoms with Gasteiger partial charge in [0.05, 0.1) is 11.2 Å². The molecule has 17 heavy (non-hydrogen) atoms. The predicted octanol–water partition coefficient (Wildman–Crippen LogP) is 2.03. The van der Waals surface area contributed by atoms with Crippen molar-refractivity contribution in [1.29, 1.82) is 0 Å². The van der Waals surface area contributed by atoms with Gasteiger partial charge in [0.2, 0.25) is 0 Å². The van der Waals surface area contributed by atoms with E-state index in [9.17, 15) is 4.79 Å². The molecule has 0 aliphatic carbocycles. The van der Waals surface area contributed by atoms with Crippen LogP contribution in [-0.2, 0) is 6.42 Å². The van der Waals surface area contributed by atoms with Gasteiger partial charge in [0.15, 0.2) is 0 Å². The van der Waals surface area contributed by atoms with Crippen LogP contribution in [0.2, 0.25) is 0 Å². The number of aromatic nitrogens is 3. The summed E-state index contributed by atoms with van der Waals surface area (Å²) in [6.45, 7) is 1.99. The van der Waals surface area contributed by atoms with E-state index in [0.29, 0.717) is 0 Å². The zero-order valence-electron chi connectivity index (χ0n) is 9.40. The second-order valence-electron chi connectivity index (χ2n) is 3.93. The molecule has 0 saturated carbocycles. The molecule has 0 unspecified atom stereocenters. The number of nitrogens with one attached hydrogen (secondary N) is 1. The van der Waals surface area contributed by atoms with E-state index < -0.39 is 0 Å². The first kappa shape index (κ1) is 9.96. The van der Waals surface area contributed by atoms with Crippen molar-refractivity contribution in [3.63, 3.8) is 0 Å². The Bertz CT molecular complexity index is 761. The SMILES string of the molecule is CCc1nc(=O)[nH]c2c1ccc1ccncc12. The minimum Gasteiger partial charge on any atom is -0.305 e. The monoisotopic (exact) mass is 225 g/mol. The quantitative estimate of drug-likeness (QED) is 0.645. The molecule has 0 amide bonds. The Morgan fingerprint density at radius 3 is 2.94 bits per heavy atom. The van der Waals surface area contributed by atoms with Crippen LogP contribution >= 0.6 is 0 Å². The van der Waals surface area contributed by atoms with Crippen LogP contribution in [0.5, 0.6) is 0 Å². The van der Waals surface area contributed by atoms with Crippen LogP contribution in [0.4, 0.5) is 0 Å². The molecule has 0 aliphatic rings. The maximum Gasteiger partial charge on any atom is 0.345 e. The van der Waals surface area contributed by atoms with Crippen LogP contribution in [0.15, 0.2) is 35.4 Å². The van der Waals surface area contributed by atoms with E-state index in [4.69, 9.17) is 0 Å². The average molecular weight is 225 g/mol. The van der Waals surface area contributed by atoms with Gasteiger partial charge in [-0.05, 0) is 17.9 Å². The highest BCUT2D eigenvalue weighted by atomic mass is 16.1. The number of rotatable bonds is 1. The molecule has 0 atom stereocenters. The third kappa shape index (κ3) is 1.49. The molecular weight excluding hydrogens is 214 g/mol. The summed E-state index contributed by atoms with van der Waals surface area (Å²) in [6.07, 6.45) is 4.26. The van der Waals surface area contributed by atoms with Crippen molar-refractivity contribution in [3.8, 4) is 0 Å². The van der Waals surface area contributed by atoms with E-state index in [2.05, 4.69) is 15.0 Å². The maximum atomic E-state index is 11.5. The number of pyridine rings is 1. The van der Waals surface area contributed by atoms with Crippen molar-refractivity contribution in [2.75, 3.05) is 0 Å². The van der Waals surface area contributed by atoms with E-state index in [1.165, 1.54) is 0 Å². The number of aromatic amines is 1. The molecule has 4 heteroatoms. The van der Waals surface area contributed by atoms with Crippen LogP contribution in [0.3, 0.4) is 0 Å². The average Bonchev–Trinajstić information content (AvgIpc) is 2.37. The Morgan fingerprint density at radius 1 is 1.24 bits per heavy atom. The molecule has 2 aromatic heterocycles. The molecule has 0 bridgehead atoms. The molecular formula is C13H11N3O. The first-order valence-electron chi connectivity index (χ1n) is 5.55. The molecule has 1 aromatic carbocycles. The molecule has 4 nitrogen and oxygen atoms in total. The second-order valence-corrected chi connectivity index (χ2v) is 3.93. The van der Waals surface area contributed by atoms with Crippen molar-refractivity contribution in [3.05, 3.63) is 46.8 Å². The van der Waals surface area contributed by atoms with Crippen molar-refractivity contribution >= 4 is 21.7 Å². The molecule has 0 aliphatic heterocycles. The standard InChI is InChI=1S/C13H11N3O/c1-2-11-9-4-3-8-5-6-14-7-10(8)12(9)16-13(17)15-11/h3-7H,2H2,1H3,(H,15,16,17). The smallest absolute Gasteiger partial charge is 0.305 e. The first-order valence-corrected chi connectivity index (χ1v) is 5.55. The van der Waals surface area contributed by atoms with Crippen molar-refractivity contribution in [2.24, 2.45) is 0 Å². The van der Waals surface area contributed by atoms with Gasteiger partial charge in [0, 0.05) is 23.2 Å². The fraction of sp³-hybridized carbons (Fsp3) is 0.154. The number of benzene rings is 1. The summed E-state index contributed by atoms with van der Waals surface area (Å²) in [4.78, 5) is 22.4. The van der Waals surface area contributed by atoms with Crippen molar-refractivity contribution < 1.29 is 0 Å². The Hall–Kier alpha value is -2.23. The highest BCUT2D eigenvalue weighted by Crippen LogP contribution is 2.23. The fourth-order valence-corrected chi connectivity index (χ4v) is 2.12. The number of nitrogens with zero attached hydrogens (tertiary/aromatic N) is 2. The predicted molar refractivity (Wildman–Crippen MR) is 67.0 cm³/mol. The van der Waals surface area contributed by atoms with Crippen molar-refractivity contribution in [2.45, 2.75) is 13.3 Å². The Kier molecular flexibility index (Phi) is 2.14. The summed E-state index contributed by atoms with van der Waals surface area (Å²) < 4.78 is 0. The minimum atomic E-state index is -0.300. The lowest BCUT2D eigenvalue weighted by atomic mass is 10.1. The lowest BCUT2D eigenvalue weighted by Crippen LogP contribution is -2.13. The van der Waals surface area contributed by atoms with Gasteiger partial charge in [-0.1, -0.05) is 19.1 Å². The zero-order chi connectivity index (χ0) is 11.8. The molecule has 0 spiro atoms. The Morgan fingerprint density at radius 2 is 2.12 bits per heavy atom. The third-order valence-corrected chi connectivity index (χ3v) is 2.94. The van der Waals surface area contributed by atoms with Gasteiger partial charge in [-0.25, -0.2) is 4.79 Å². The van der Waals surface area contributed by atoms with Gasteiger partial charge in [-0.2, -0.15) is 4.98 Å². The van der Waals surface area contributed by atoms with E-state index >= 15 is 0 Å². The second kappa shape index (κ2) is 3.66. The lowest BCUT2D eigenvalue weighted by Gasteiger charge is -2.05. The van der Waals surface area contributed by atoms with Crippen LogP contribution in [-0.4, -0.2) is 15.0 Å². The van der Waals surface area contributed by atoms with Gasteiger partial charge >= 0.3 is 5.69 Å².